The van der Waals surface area contributed by atoms with Crippen molar-refractivity contribution >= 4 is 39.8 Å². The Morgan fingerprint density at radius 1 is 1.17 bits per heavy atom. The standard InChI is InChI=1S/C20H21N3O6S/c1-10(11-7-8-13(24)14(9-11)28-2)22-23-18(26)17(25)21-19-16(20(27)29-3)12-5-4-6-15(12)30-19/h7-9,24H,4-6H2,1-3H3,(H,21,25)(H,23,26). The van der Waals surface area contributed by atoms with Crippen molar-refractivity contribution < 1.29 is 29.0 Å². The van der Waals surface area contributed by atoms with E-state index in [-0.39, 0.29) is 11.5 Å². The number of phenols is 1. The van der Waals surface area contributed by atoms with Gasteiger partial charge in [0, 0.05) is 10.4 Å². The minimum atomic E-state index is -0.982. The van der Waals surface area contributed by atoms with Gasteiger partial charge in [-0.2, -0.15) is 5.10 Å². The van der Waals surface area contributed by atoms with Gasteiger partial charge in [0.1, 0.15) is 5.00 Å². The second kappa shape index (κ2) is 8.95. The number of hydrogen-bond donors (Lipinski definition) is 3. The Morgan fingerprint density at radius 3 is 2.63 bits per heavy atom. The number of esters is 1. The number of methoxy groups -OCH3 is 2. The van der Waals surface area contributed by atoms with Crippen molar-refractivity contribution in [2.45, 2.75) is 26.2 Å². The molecule has 0 unspecified atom stereocenters. The first-order valence-corrected chi connectivity index (χ1v) is 9.93. The molecule has 0 aliphatic heterocycles. The first kappa shape index (κ1) is 21.3. The molecule has 158 valence electrons. The van der Waals surface area contributed by atoms with Gasteiger partial charge in [0.05, 0.1) is 25.5 Å². The number of carbonyl (C=O) groups is 3. The normalized spacial score (nSPS) is 12.8. The molecular formula is C20H21N3O6S. The van der Waals surface area contributed by atoms with Crippen LogP contribution < -0.4 is 15.5 Å². The summed E-state index contributed by atoms with van der Waals surface area (Å²) in [5.41, 5.74) is 4.37. The van der Waals surface area contributed by atoms with Gasteiger partial charge in [0.15, 0.2) is 11.5 Å². The molecule has 0 fully saturated rings. The lowest BCUT2D eigenvalue weighted by molar-refractivity contribution is -0.136. The van der Waals surface area contributed by atoms with Crippen LogP contribution in [0.2, 0.25) is 0 Å². The highest BCUT2D eigenvalue weighted by atomic mass is 32.1. The molecule has 0 radical (unpaired) electrons. The number of hydrogen-bond acceptors (Lipinski definition) is 8. The van der Waals surface area contributed by atoms with Crippen molar-refractivity contribution in [2.24, 2.45) is 5.10 Å². The molecule has 0 saturated heterocycles. The summed E-state index contributed by atoms with van der Waals surface area (Å²) in [5.74, 6) is -2.24. The first-order valence-electron chi connectivity index (χ1n) is 9.11. The molecule has 0 atom stereocenters. The lowest BCUT2D eigenvalue weighted by Crippen LogP contribution is -2.33. The molecule has 1 aliphatic carbocycles. The van der Waals surface area contributed by atoms with Crippen molar-refractivity contribution in [3.63, 3.8) is 0 Å². The zero-order valence-corrected chi connectivity index (χ0v) is 17.5. The zero-order chi connectivity index (χ0) is 21.8. The monoisotopic (exact) mass is 431 g/mol. The summed E-state index contributed by atoms with van der Waals surface area (Å²) in [5, 5.41) is 16.4. The van der Waals surface area contributed by atoms with Gasteiger partial charge in [-0.15, -0.1) is 11.3 Å². The Hall–Kier alpha value is -3.40. The fourth-order valence-corrected chi connectivity index (χ4v) is 4.40. The minimum Gasteiger partial charge on any atom is -0.504 e. The number of aryl methyl sites for hydroxylation is 1. The van der Waals surface area contributed by atoms with E-state index in [0.717, 1.165) is 29.7 Å². The van der Waals surface area contributed by atoms with Crippen molar-refractivity contribution in [3.05, 3.63) is 39.8 Å². The van der Waals surface area contributed by atoms with E-state index >= 15 is 0 Å². The van der Waals surface area contributed by atoms with E-state index in [4.69, 9.17) is 9.47 Å². The summed E-state index contributed by atoms with van der Waals surface area (Å²) in [4.78, 5) is 37.6. The molecule has 3 N–H and O–H groups in total. The van der Waals surface area contributed by atoms with Crippen LogP contribution in [0, 0.1) is 0 Å². The minimum absolute atomic E-state index is 0.0262. The number of benzene rings is 1. The Kier molecular flexibility index (Phi) is 6.36. The lowest BCUT2D eigenvalue weighted by Gasteiger charge is -2.08. The van der Waals surface area contributed by atoms with E-state index in [1.807, 2.05) is 0 Å². The van der Waals surface area contributed by atoms with Crippen LogP contribution in [0.5, 0.6) is 11.5 Å². The number of phenolic OH excluding ortho intramolecular Hbond substituents is 1. The van der Waals surface area contributed by atoms with Crippen LogP contribution in [0.4, 0.5) is 5.00 Å². The van der Waals surface area contributed by atoms with Gasteiger partial charge in [-0.1, -0.05) is 0 Å². The second-order valence-corrected chi connectivity index (χ2v) is 7.64. The van der Waals surface area contributed by atoms with Crippen molar-refractivity contribution in [1.29, 1.82) is 0 Å². The van der Waals surface area contributed by atoms with E-state index in [2.05, 4.69) is 15.8 Å². The third-order valence-corrected chi connectivity index (χ3v) is 5.87. The fraction of sp³-hybridized carbons (Fsp3) is 0.300. The van der Waals surface area contributed by atoms with Crippen molar-refractivity contribution in [1.82, 2.24) is 5.43 Å². The van der Waals surface area contributed by atoms with Crippen molar-refractivity contribution in [3.8, 4) is 11.5 Å². The molecular weight excluding hydrogens is 410 g/mol. The smallest absolute Gasteiger partial charge is 0.341 e. The summed E-state index contributed by atoms with van der Waals surface area (Å²) in [6, 6.07) is 4.58. The Morgan fingerprint density at radius 2 is 1.93 bits per heavy atom. The fourth-order valence-electron chi connectivity index (χ4n) is 3.12. The largest absolute Gasteiger partial charge is 0.504 e. The molecule has 10 heteroatoms. The predicted octanol–water partition coefficient (Wildman–Crippen LogP) is 2.22. The van der Waals surface area contributed by atoms with Crippen LogP contribution in [0.3, 0.4) is 0 Å². The third kappa shape index (κ3) is 4.28. The van der Waals surface area contributed by atoms with Gasteiger partial charge in [0.25, 0.3) is 0 Å². The molecule has 1 aromatic heterocycles. The molecule has 2 aromatic rings. The highest BCUT2D eigenvalue weighted by Crippen LogP contribution is 2.39. The van der Waals surface area contributed by atoms with Crippen LogP contribution in [0.25, 0.3) is 0 Å². The molecule has 9 nitrogen and oxygen atoms in total. The summed E-state index contributed by atoms with van der Waals surface area (Å²) < 4.78 is 9.86. The Labute approximate surface area is 176 Å². The third-order valence-electron chi connectivity index (χ3n) is 4.67. The lowest BCUT2D eigenvalue weighted by atomic mass is 10.1. The number of aromatic hydroxyl groups is 1. The van der Waals surface area contributed by atoms with E-state index in [0.29, 0.717) is 21.8 Å². The van der Waals surface area contributed by atoms with Crippen LogP contribution >= 0.6 is 11.3 Å². The van der Waals surface area contributed by atoms with E-state index < -0.39 is 17.8 Å². The molecule has 1 heterocycles. The Bertz CT molecular complexity index is 1040. The van der Waals surface area contributed by atoms with Crippen LogP contribution in [0.1, 0.15) is 39.7 Å². The van der Waals surface area contributed by atoms with Gasteiger partial charge in [-0.05, 0) is 49.9 Å². The number of hydrazone groups is 1. The summed E-state index contributed by atoms with van der Waals surface area (Å²) in [6.07, 6.45) is 2.50. The van der Waals surface area contributed by atoms with Crippen LogP contribution in [0.15, 0.2) is 23.3 Å². The topological polar surface area (TPSA) is 126 Å². The van der Waals surface area contributed by atoms with Gasteiger partial charge in [0.2, 0.25) is 0 Å². The molecule has 1 aromatic carbocycles. The molecule has 0 bridgehead atoms. The summed E-state index contributed by atoms with van der Waals surface area (Å²) in [7, 11) is 2.69. The van der Waals surface area contributed by atoms with E-state index in [1.165, 1.54) is 31.6 Å². The number of ether oxygens (including phenoxy) is 2. The van der Waals surface area contributed by atoms with Gasteiger partial charge >= 0.3 is 17.8 Å². The molecule has 3 rings (SSSR count). The molecule has 30 heavy (non-hydrogen) atoms. The Balaban J connectivity index is 1.71. The first-order chi connectivity index (χ1) is 14.3. The maximum Gasteiger partial charge on any atom is 0.341 e. The average molecular weight is 431 g/mol. The second-order valence-electron chi connectivity index (χ2n) is 6.53. The summed E-state index contributed by atoms with van der Waals surface area (Å²) >= 11 is 1.28. The SMILES string of the molecule is COC(=O)c1c(NC(=O)C(=O)NN=C(C)c2ccc(O)c(OC)c2)sc2c1CCC2. The number of carbonyl (C=O) groups excluding carboxylic acids is 3. The molecule has 0 saturated carbocycles. The highest BCUT2D eigenvalue weighted by molar-refractivity contribution is 7.17. The number of rotatable bonds is 5. The van der Waals surface area contributed by atoms with Crippen LogP contribution in [-0.2, 0) is 27.2 Å². The number of fused-ring (bicyclic) bond motifs is 1. The number of nitrogens with zero attached hydrogens (tertiary/aromatic N) is 1. The van der Waals surface area contributed by atoms with Gasteiger partial charge < -0.3 is 19.9 Å². The van der Waals surface area contributed by atoms with E-state index in [1.54, 1.807) is 19.1 Å². The maximum absolute atomic E-state index is 12.3. The van der Waals surface area contributed by atoms with Crippen LogP contribution in [-0.4, -0.2) is 42.8 Å². The zero-order valence-electron chi connectivity index (χ0n) is 16.7. The van der Waals surface area contributed by atoms with Crippen molar-refractivity contribution in [2.75, 3.05) is 19.5 Å². The maximum atomic E-state index is 12.3. The number of nitrogens with one attached hydrogen (secondary N) is 2. The molecule has 1 aliphatic rings. The number of anilines is 1. The average Bonchev–Trinajstić information content (AvgIpc) is 3.32. The molecule has 2 amide bonds. The van der Waals surface area contributed by atoms with E-state index in [9.17, 15) is 19.5 Å². The predicted molar refractivity (Wildman–Crippen MR) is 111 cm³/mol. The molecule has 0 spiro atoms. The quantitative estimate of drug-likeness (QED) is 0.288. The highest BCUT2D eigenvalue weighted by Gasteiger charge is 2.29. The van der Waals surface area contributed by atoms with Gasteiger partial charge in [-0.25, -0.2) is 10.2 Å². The number of amides is 2. The summed E-state index contributed by atoms with van der Waals surface area (Å²) in [6.45, 7) is 1.63. The van der Waals surface area contributed by atoms with Gasteiger partial charge in [-0.3, -0.25) is 9.59 Å². The number of thiophene rings is 1.